The molecule has 2 aromatic rings. The number of aromatic nitrogens is 1. The number of nitrogens with zero attached hydrogens (tertiary/aromatic N) is 1. The predicted molar refractivity (Wildman–Crippen MR) is 82.0 cm³/mol. The molecule has 0 saturated heterocycles. The van der Waals surface area contributed by atoms with Crippen molar-refractivity contribution in [3.8, 4) is 0 Å². The van der Waals surface area contributed by atoms with Gasteiger partial charge in [0.25, 0.3) is 0 Å². The number of anilines is 2. The molecule has 1 aromatic heterocycles. The molecule has 106 valence electrons. The van der Waals surface area contributed by atoms with Crippen molar-refractivity contribution in [2.24, 2.45) is 0 Å². The van der Waals surface area contributed by atoms with Crippen LogP contribution in [0.4, 0.5) is 11.4 Å². The van der Waals surface area contributed by atoms with Crippen LogP contribution in [0.25, 0.3) is 0 Å². The maximum absolute atomic E-state index is 11.9. The van der Waals surface area contributed by atoms with Gasteiger partial charge in [-0.05, 0) is 31.0 Å². The lowest BCUT2D eigenvalue weighted by molar-refractivity contribution is -0.116. The molecular weight excluding hydrogens is 274 g/mol. The maximum atomic E-state index is 11.9. The second-order valence-electron chi connectivity index (χ2n) is 4.59. The minimum atomic E-state index is -0.0676. The Balaban J connectivity index is 1.85. The van der Waals surface area contributed by atoms with E-state index in [1.165, 1.54) is 0 Å². The average Bonchev–Trinajstić information content (AvgIpc) is 2.80. The van der Waals surface area contributed by atoms with Crippen molar-refractivity contribution in [2.45, 2.75) is 26.3 Å². The fourth-order valence-corrected chi connectivity index (χ4v) is 2.47. The number of amides is 1. The van der Waals surface area contributed by atoms with Gasteiger partial charge in [-0.3, -0.25) is 9.59 Å². The van der Waals surface area contributed by atoms with Gasteiger partial charge in [0, 0.05) is 35.9 Å². The van der Waals surface area contributed by atoms with Gasteiger partial charge in [0.05, 0.1) is 0 Å². The van der Waals surface area contributed by atoms with E-state index in [1.54, 1.807) is 28.3 Å². The lowest BCUT2D eigenvalue weighted by Gasteiger charge is -2.09. The molecule has 0 aliphatic rings. The van der Waals surface area contributed by atoms with E-state index in [9.17, 15) is 9.59 Å². The van der Waals surface area contributed by atoms with Crippen molar-refractivity contribution in [3.63, 3.8) is 0 Å². The van der Waals surface area contributed by atoms with E-state index >= 15 is 0 Å². The number of benzene rings is 1. The van der Waals surface area contributed by atoms with Crippen molar-refractivity contribution in [1.29, 1.82) is 0 Å². The van der Waals surface area contributed by atoms with Gasteiger partial charge in [-0.2, -0.15) is 0 Å². The number of hydrogen-bond acceptors (Lipinski definition) is 4. The topological polar surface area (TPSA) is 77.1 Å². The van der Waals surface area contributed by atoms with Crippen LogP contribution < -0.4 is 15.9 Å². The Kier molecular flexibility index (Phi) is 4.57. The molecule has 1 aromatic carbocycles. The molecule has 3 N–H and O–H groups in total. The van der Waals surface area contributed by atoms with E-state index < -0.39 is 0 Å². The summed E-state index contributed by atoms with van der Waals surface area (Å²) in [5, 5.41) is 4.59. The lowest BCUT2D eigenvalue weighted by atomic mass is 10.1. The Labute approximate surface area is 121 Å². The molecule has 0 radical (unpaired) electrons. The monoisotopic (exact) mass is 291 g/mol. The van der Waals surface area contributed by atoms with Gasteiger partial charge in [0.15, 0.2) is 0 Å². The number of thiazole rings is 1. The molecule has 0 bridgehead atoms. The Morgan fingerprint density at radius 1 is 1.45 bits per heavy atom. The predicted octanol–water partition coefficient (Wildman–Crippen LogP) is 2.22. The molecule has 0 fully saturated rings. The molecule has 0 aliphatic carbocycles. The normalized spacial score (nSPS) is 10.4. The third-order valence-corrected chi connectivity index (χ3v) is 3.68. The van der Waals surface area contributed by atoms with E-state index in [4.69, 9.17) is 5.73 Å². The van der Waals surface area contributed by atoms with E-state index in [1.807, 2.05) is 13.0 Å². The summed E-state index contributed by atoms with van der Waals surface area (Å²) in [5.74, 6) is -0.0676. The third kappa shape index (κ3) is 3.71. The molecule has 1 amide bonds. The molecule has 0 unspecified atom stereocenters. The molecule has 0 aliphatic heterocycles. The number of carbonyl (C=O) groups is 1. The van der Waals surface area contributed by atoms with Crippen LogP contribution in [0.2, 0.25) is 0 Å². The molecule has 6 heteroatoms. The summed E-state index contributed by atoms with van der Waals surface area (Å²) in [7, 11) is 0. The van der Waals surface area contributed by atoms with E-state index in [-0.39, 0.29) is 10.8 Å². The van der Waals surface area contributed by atoms with Crippen LogP contribution in [0.5, 0.6) is 0 Å². The van der Waals surface area contributed by atoms with E-state index in [0.717, 1.165) is 22.6 Å². The number of nitrogens with one attached hydrogen (secondary N) is 1. The summed E-state index contributed by atoms with van der Waals surface area (Å²) in [6.07, 6.45) is 2.74. The van der Waals surface area contributed by atoms with Gasteiger partial charge in [0.2, 0.25) is 5.91 Å². The molecular formula is C14H17N3O2S. The molecule has 1 heterocycles. The number of nitrogens with two attached hydrogens (primary N) is 1. The summed E-state index contributed by atoms with van der Waals surface area (Å²) in [4.78, 5) is 23.2. The van der Waals surface area contributed by atoms with Crippen LogP contribution >= 0.6 is 11.3 Å². The zero-order chi connectivity index (χ0) is 14.5. The molecule has 5 nitrogen and oxygen atoms in total. The molecule has 2 rings (SSSR count). The Morgan fingerprint density at radius 2 is 2.25 bits per heavy atom. The minimum Gasteiger partial charge on any atom is -0.399 e. The van der Waals surface area contributed by atoms with Crippen molar-refractivity contribution >= 4 is 28.6 Å². The van der Waals surface area contributed by atoms with Crippen molar-refractivity contribution < 1.29 is 4.79 Å². The van der Waals surface area contributed by atoms with Crippen LogP contribution in [0.15, 0.2) is 34.6 Å². The van der Waals surface area contributed by atoms with E-state index in [2.05, 4.69) is 5.32 Å². The standard InChI is InChI=1S/C14H17N3O2S/c1-10-4-5-11(15)9-12(10)16-13(18)3-2-6-17-7-8-20-14(17)19/h4-5,7-9H,2-3,6,15H2,1H3,(H,16,18). The van der Waals surface area contributed by atoms with Crippen molar-refractivity contribution in [3.05, 3.63) is 45.0 Å². The minimum absolute atomic E-state index is 0.0112. The third-order valence-electron chi connectivity index (χ3n) is 2.98. The summed E-state index contributed by atoms with van der Waals surface area (Å²) in [5.41, 5.74) is 8.03. The molecule has 0 atom stereocenters. The number of aryl methyl sites for hydroxylation is 2. The van der Waals surface area contributed by atoms with Crippen LogP contribution in [0.3, 0.4) is 0 Å². The van der Waals surface area contributed by atoms with E-state index in [0.29, 0.717) is 25.1 Å². The lowest BCUT2D eigenvalue weighted by Crippen LogP contribution is -2.16. The highest BCUT2D eigenvalue weighted by Crippen LogP contribution is 2.18. The van der Waals surface area contributed by atoms with Crippen LogP contribution in [0.1, 0.15) is 18.4 Å². The van der Waals surface area contributed by atoms with Crippen LogP contribution in [0, 0.1) is 6.92 Å². The number of hydrogen-bond donors (Lipinski definition) is 2. The number of rotatable bonds is 5. The van der Waals surface area contributed by atoms with Gasteiger partial charge in [-0.25, -0.2) is 0 Å². The molecule has 0 spiro atoms. The van der Waals surface area contributed by atoms with Gasteiger partial charge >= 0.3 is 4.87 Å². The summed E-state index contributed by atoms with van der Waals surface area (Å²) in [6.45, 7) is 2.48. The zero-order valence-electron chi connectivity index (χ0n) is 11.3. The van der Waals surface area contributed by atoms with Crippen LogP contribution in [-0.4, -0.2) is 10.5 Å². The van der Waals surface area contributed by atoms with Crippen LogP contribution in [-0.2, 0) is 11.3 Å². The second kappa shape index (κ2) is 6.38. The number of nitrogen functional groups attached to an aromatic ring is 1. The first-order valence-electron chi connectivity index (χ1n) is 6.36. The first-order chi connectivity index (χ1) is 9.56. The van der Waals surface area contributed by atoms with Gasteiger partial charge < -0.3 is 15.6 Å². The van der Waals surface area contributed by atoms with Crippen molar-refractivity contribution in [2.75, 3.05) is 11.1 Å². The summed E-state index contributed by atoms with van der Waals surface area (Å²) < 4.78 is 1.61. The first-order valence-corrected chi connectivity index (χ1v) is 7.24. The Bertz CT molecular complexity index is 660. The first kappa shape index (κ1) is 14.3. The smallest absolute Gasteiger partial charge is 0.307 e. The highest BCUT2D eigenvalue weighted by molar-refractivity contribution is 7.07. The molecule has 0 saturated carbocycles. The fourth-order valence-electron chi connectivity index (χ4n) is 1.85. The Morgan fingerprint density at radius 3 is 2.95 bits per heavy atom. The molecule has 20 heavy (non-hydrogen) atoms. The summed E-state index contributed by atoms with van der Waals surface area (Å²) in [6, 6.07) is 5.42. The van der Waals surface area contributed by atoms with Gasteiger partial charge in [-0.15, -0.1) is 0 Å². The fraction of sp³-hybridized carbons (Fsp3) is 0.286. The maximum Gasteiger partial charge on any atom is 0.307 e. The summed E-state index contributed by atoms with van der Waals surface area (Å²) >= 11 is 1.16. The quantitative estimate of drug-likeness (QED) is 0.829. The van der Waals surface area contributed by atoms with Gasteiger partial charge in [0.1, 0.15) is 0 Å². The zero-order valence-corrected chi connectivity index (χ0v) is 12.1. The highest BCUT2D eigenvalue weighted by Gasteiger charge is 2.06. The largest absolute Gasteiger partial charge is 0.399 e. The average molecular weight is 291 g/mol. The second-order valence-corrected chi connectivity index (χ2v) is 5.45. The number of carbonyl (C=O) groups excluding carboxylic acids is 1. The highest BCUT2D eigenvalue weighted by atomic mass is 32.1. The Hall–Kier alpha value is -2.08. The van der Waals surface area contributed by atoms with Gasteiger partial charge in [-0.1, -0.05) is 17.4 Å². The van der Waals surface area contributed by atoms with Crippen molar-refractivity contribution in [1.82, 2.24) is 4.57 Å². The SMILES string of the molecule is Cc1ccc(N)cc1NC(=O)CCCn1ccsc1=O.